The molecule has 0 aliphatic heterocycles. The molecule has 0 saturated carbocycles. The SMILES string of the molecule is CC(C)C(=O)Nc1cccc(C(=O)OCC(=O)c2ccc(Oc3ccc([N+](=O)[O-])cc3)cc2)c1. The highest BCUT2D eigenvalue weighted by Gasteiger charge is 2.14. The third-order valence-corrected chi connectivity index (χ3v) is 4.68. The maximum absolute atomic E-state index is 12.4. The Morgan fingerprint density at radius 2 is 1.53 bits per heavy atom. The average Bonchev–Trinajstić information content (AvgIpc) is 2.83. The molecule has 0 aromatic heterocycles. The van der Waals surface area contributed by atoms with Crippen molar-refractivity contribution >= 4 is 29.0 Å². The molecule has 1 amide bonds. The van der Waals surface area contributed by atoms with E-state index in [1.54, 1.807) is 38.1 Å². The van der Waals surface area contributed by atoms with E-state index in [1.165, 1.54) is 48.5 Å². The molecule has 3 aromatic rings. The van der Waals surface area contributed by atoms with Crippen LogP contribution in [0.4, 0.5) is 11.4 Å². The summed E-state index contributed by atoms with van der Waals surface area (Å²) in [7, 11) is 0. The number of hydrogen-bond donors (Lipinski definition) is 1. The number of hydrogen-bond acceptors (Lipinski definition) is 7. The fourth-order valence-electron chi connectivity index (χ4n) is 2.79. The van der Waals surface area contributed by atoms with Gasteiger partial charge in [0.25, 0.3) is 5.69 Å². The molecule has 0 radical (unpaired) electrons. The lowest BCUT2D eigenvalue weighted by atomic mass is 10.1. The molecule has 0 aliphatic carbocycles. The number of rotatable bonds is 9. The Morgan fingerprint density at radius 1 is 0.912 bits per heavy atom. The number of carbonyl (C=O) groups is 3. The van der Waals surface area contributed by atoms with E-state index in [2.05, 4.69) is 5.32 Å². The second kappa shape index (κ2) is 10.9. The van der Waals surface area contributed by atoms with E-state index >= 15 is 0 Å². The number of nitro groups is 1. The summed E-state index contributed by atoms with van der Waals surface area (Å²) in [4.78, 5) is 46.8. The normalized spacial score (nSPS) is 10.4. The molecule has 34 heavy (non-hydrogen) atoms. The highest BCUT2D eigenvalue weighted by Crippen LogP contribution is 2.24. The number of ketones is 1. The maximum Gasteiger partial charge on any atom is 0.338 e. The molecule has 0 spiro atoms. The van der Waals surface area contributed by atoms with E-state index in [0.717, 1.165) is 0 Å². The highest BCUT2D eigenvalue weighted by molar-refractivity contribution is 6.00. The Labute approximate surface area is 195 Å². The van der Waals surface area contributed by atoms with Crippen LogP contribution in [0.25, 0.3) is 0 Å². The summed E-state index contributed by atoms with van der Waals surface area (Å²) in [6.07, 6.45) is 0. The second-order valence-electron chi connectivity index (χ2n) is 7.60. The van der Waals surface area contributed by atoms with Gasteiger partial charge in [0.15, 0.2) is 12.4 Å². The highest BCUT2D eigenvalue weighted by atomic mass is 16.6. The Bertz CT molecular complexity index is 1200. The minimum absolute atomic E-state index is 0.0464. The molecule has 3 aromatic carbocycles. The van der Waals surface area contributed by atoms with Gasteiger partial charge in [-0.2, -0.15) is 0 Å². The monoisotopic (exact) mass is 462 g/mol. The summed E-state index contributed by atoms with van der Waals surface area (Å²) in [6, 6.07) is 18.1. The quantitative estimate of drug-likeness (QED) is 0.205. The summed E-state index contributed by atoms with van der Waals surface area (Å²) >= 11 is 0. The molecule has 174 valence electrons. The van der Waals surface area contributed by atoms with Gasteiger partial charge >= 0.3 is 5.97 Å². The summed E-state index contributed by atoms with van der Waals surface area (Å²) in [5, 5.41) is 13.4. The van der Waals surface area contributed by atoms with Crippen LogP contribution in [-0.4, -0.2) is 29.2 Å². The first-order valence-electron chi connectivity index (χ1n) is 10.4. The molecule has 0 atom stereocenters. The standard InChI is InChI=1S/C25H22N2O7/c1-16(2)24(29)26-19-5-3-4-18(14-19)25(30)33-15-23(28)17-6-10-21(11-7-17)34-22-12-8-20(9-13-22)27(31)32/h3-14,16H,15H2,1-2H3,(H,26,29). The Morgan fingerprint density at radius 3 is 2.12 bits per heavy atom. The Kier molecular flexibility index (Phi) is 7.71. The average molecular weight is 462 g/mol. The zero-order valence-electron chi connectivity index (χ0n) is 18.5. The fourth-order valence-corrected chi connectivity index (χ4v) is 2.79. The smallest absolute Gasteiger partial charge is 0.338 e. The lowest BCUT2D eigenvalue weighted by Crippen LogP contribution is -2.18. The van der Waals surface area contributed by atoms with Gasteiger partial charge in [0.1, 0.15) is 11.5 Å². The van der Waals surface area contributed by atoms with E-state index in [9.17, 15) is 24.5 Å². The van der Waals surface area contributed by atoms with Gasteiger partial charge in [-0.3, -0.25) is 19.7 Å². The van der Waals surface area contributed by atoms with Gasteiger partial charge in [0.2, 0.25) is 5.91 Å². The summed E-state index contributed by atoms with van der Waals surface area (Å²) in [5.41, 5.74) is 0.945. The van der Waals surface area contributed by atoms with Crippen molar-refractivity contribution in [3.63, 3.8) is 0 Å². The molecule has 0 heterocycles. The van der Waals surface area contributed by atoms with Crippen molar-refractivity contribution < 1.29 is 28.8 Å². The van der Waals surface area contributed by atoms with Gasteiger partial charge in [-0.25, -0.2) is 4.79 Å². The third kappa shape index (κ3) is 6.49. The van der Waals surface area contributed by atoms with Crippen LogP contribution in [0.2, 0.25) is 0 Å². The number of benzene rings is 3. The largest absolute Gasteiger partial charge is 0.457 e. The number of carbonyl (C=O) groups excluding carboxylic acids is 3. The van der Waals surface area contributed by atoms with E-state index in [4.69, 9.17) is 9.47 Å². The Balaban J connectivity index is 1.55. The van der Waals surface area contributed by atoms with E-state index in [1.807, 2.05) is 0 Å². The third-order valence-electron chi connectivity index (χ3n) is 4.68. The number of nitro benzene ring substituents is 1. The van der Waals surface area contributed by atoms with E-state index < -0.39 is 23.3 Å². The minimum atomic E-state index is -0.688. The number of non-ortho nitro benzene ring substituents is 1. The fraction of sp³-hybridized carbons (Fsp3) is 0.160. The van der Waals surface area contributed by atoms with Crippen LogP contribution in [0.5, 0.6) is 11.5 Å². The van der Waals surface area contributed by atoms with Gasteiger partial charge in [0.05, 0.1) is 10.5 Å². The number of ether oxygens (including phenoxy) is 2. The van der Waals surface area contributed by atoms with Crippen LogP contribution in [0.1, 0.15) is 34.6 Å². The van der Waals surface area contributed by atoms with Crippen molar-refractivity contribution in [2.45, 2.75) is 13.8 Å². The second-order valence-corrected chi connectivity index (χ2v) is 7.60. The van der Waals surface area contributed by atoms with Gasteiger partial charge in [0, 0.05) is 29.3 Å². The van der Waals surface area contributed by atoms with Crippen LogP contribution in [0.15, 0.2) is 72.8 Å². The summed E-state index contributed by atoms with van der Waals surface area (Å²) in [6.45, 7) is 3.06. The lowest BCUT2D eigenvalue weighted by Gasteiger charge is -2.09. The number of anilines is 1. The number of amides is 1. The maximum atomic E-state index is 12.4. The summed E-state index contributed by atoms with van der Waals surface area (Å²) < 4.78 is 10.7. The van der Waals surface area contributed by atoms with E-state index in [0.29, 0.717) is 22.7 Å². The topological polar surface area (TPSA) is 125 Å². The van der Waals surface area contributed by atoms with Crippen molar-refractivity contribution in [1.82, 2.24) is 0 Å². The van der Waals surface area contributed by atoms with Crippen molar-refractivity contribution in [1.29, 1.82) is 0 Å². The first kappa shape index (κ1) is 24.1. The minimum Gasteiger partial charge on any atom is -0.457 e. The van der Waals surface area contributed by atoms with Crippen molar-refractivity contribution in [3.05, 3.63) is 94.0 Å². The first-order valence-corrected chi connectivity index (χ1v) is 10.4. The van der Waals surface area contributed by atoms with Crippen LogP contribution < -0.4 is 10.1 Å². The molecule has 9 nitrogen and oxygen atoms in total. The van der Waals surface area contributed by atoms with Crippen LogP contribution >= 0.6 is 0 Å². The van der Waals surface area contributed by atoms with Crippen molar-refractivity contribution in [2.75, 3.05) is 11.9 Å². The molecule has 0 saturated heterocycles. The molecular weight excluding hydrogens is 440 g/mol. The van der Waals surface area contributed by atoms with Gasteiger partial charge in [-0.15, -0.1) is 0 Å². The van der Waals surface area contributed by atoms with E-state index in [-0.39, 0.29) is 23.1 Å². The van der Waals surface area contributed by atoms with Crippen LogP contribution in [0.3, 0.4) is 0 Å². The molecule has 0 aliphatic rings. The molecule has 0 unspecified atom stereocenters. The molecule has 3 rings (SSSR count). The van der Waals surface area contributed by atoms with Crippen molar-refractivity contribution in [3.8, 4) is 11.5 Å². The zero-order chi connectivity index (χ0) is 24.7. The van der Waals surface area contributed by atoms with Gasteiger partial charge in [-0.1, -0.05) is 19.9 Å². The number of nitrogens with one attached hydrogen (secondary N) is 1. The molecule has 0 bridgehead atoms. The first-order chi connectivity index (χ1) is 16.2. The molecule has 1 N–H and O–H groups in total. The van der Waals surface area contributed by atoms with Crippen LogP contribution in [-0.2, 0) is 9.53 Å². The molecule has 9 heteroatoms. The van der Waals surface area contributed by atoms with Crippen molar-refractivity contribution in [2.24, 2.45) is 5.92 Å². The number of esters is 1. The number of nitrogens with zero attached hydrogens (tertiary/aromatic N) is 1. The Hall–Kier alpha value is -4.53. The zero-order valence-corrected chi connectivity index (χ0v) is 18.5. The van der Waals surface area contributed by atoms with Crippen LogP contribution in [0, 0.1) is 16.0 Å². The molecular formula is C25H22N2O7. The molecule has 0 fully saturated rings. The van der Waals surface area contributed by atoms with Gasteiger partial charge < -0.3 is 14.8 Å². The predicted molar refractivity (Wildman–Crippen MR) is 124 cm³/mol. The van der Waals surface area contributed by atoms with Gasteiger partial charge in [-0.05, 0) is 54.6 Å². The summed E-state index contributed by atoms with van der Waals surface area (Å²) in [5.74, 6) is -0.638. The predicted octanol–water partition coefficient (Wildman–Crippen LogP) is 5.02. The number of Topliss-reactive ketones (excluding diaryl/α,β-unsaturated/α-hetero) is 1. The lowest BCUT2D eigenvalue weighted by molar-refractivity contribution is -0.384.